The van der Waals surface area contributed by atoms with E-state index in [1.165, 1.54) is 12.1 Å². The fourth-order valence-electron chi connectivity index (χ4n) is 4.43. The fraction of sp³-hybridized carbons (Fsp3) is 0.440. The number of carbonyl (C=O) groups is 2. The van der Waals surface area contributed by atoms with Gasteiger partial charge in [-0.3, -0.25) is 9.59 Å². The smallest absolute Gasteiger partial charge is 0.343 e. The Hall–Kier alpha value is -2.29. The van der Waals surface area contributed by atoms with Crippen LogP contribution in [0.3, 0.4) is 0 Å². The van der Waals surface area contributed by atoms with Gasteiger partial charge in [0.15, 0.2) is 0 Å². The molecule has 2 fully saturated rings. The summed E-state index contributed by atoms with van der Waals surface area (Å²) in [6, 6.07) is 8.75. The second kappa shape index (κ2) is 9.99. The van der Waals surface area contributed by atoms with E-state index >= 15 is 0 Å². The quantitative estimate of drug-likeness (QED) is 0.599. The highest BCUT2D eigenvalue weighted by atomic mass is 35.5. The molecule has 1 saturated heterocycles. The van der Waals surface area contributed by atoms with Crippen molar-refractivity contribution in [3.05, 3.63) is 69.2 Å². The molecular weight excluding hydrogens is 502 g/mol. The van der Waals surface area contributed by atoms with Gasteiger partial charge >= 0.3 is 6.18 Å². The number of amides is 2. The van der Waals surface area contributed by atoms with Crippen molar-refractivity contribution in [2.75, 3.05) is 33.2 Å². The molecule has 0 radical (unpaired) electrons. The zero-order valence-corrected chi connectivity index (χ0v) is 20.7. The number of likely N-dealkylation sites (N-methyl/N-ethyl adjacent to an activating group) is 1. The summed E-state index contributed by atoms with van der Waals surface area (Å²) in [5, 5.41) is 3.75. The molecule has 4 rings (SSSR count). The van der Waals surface area contributed by atoms with Crippen LogP contribution in [0.5, 0.6) is 0 Å². The molecule has 1 atom stereocenters. The van der Waals surface area contributed by atoms with Gasteiger partial charge in [0, 0.05) is 42.6 Å². The first-order valence-electron chi connectivity index (χ1n) is 11.4. The van der Waals surface area contributed by atoms with Gasteiger partial charge in [-0.2, -0.15) is 13.2 Å². The number of carbonyl (C=O) groups excluding carboxylic acids is 2. The monoisotopic (exact) mass is 527 g/mol. The third kappa shape index (κ3) is 5.76. The summed E-state index contributed by atoms with van der Waals surface area (Å²) >= 11 is 12.4. The molecule has 1 heterocycles. The number of hydrogen-bond acceptors (Lipinski definition) is 3. The average molecular weight is 528 g/mol. The van der Waals surface area contributed by atoms with E-state index in [0.29, 0.717) is 60.2 Å². The predicted octanol–water partition coefficient (Wildman–Crippen LogP) is 4.55. The van der Waals surface area contributed by atoms with Crippen LogP contribution in [-0.2, 0) is 27.6 Å². The first-order chi connectivity index (χ1) is 16.5. The van der Waals surface area contributed by atoms with E-state index in [1.54, 1.807) is 23.1 Å². The van der Waals surface area contributed by atoms with Crippen molar-refractivity contribution in [3.8, 4) is 0 Å². The number of halogens is 5. The lowest BCUT2D eigenvalue weighted by Crippen LogP contribution is -2.56. The lowest BCUT2D eigenvalue weighted by molar-refractivity contribution is -0.138. The maximum Gasteiger partial charge on any atom is 0.416 e. The summed E-state index contributed by atoms with van der Waals surface area (Å²) in [7, 11) is 1.97. The van der Waals surface area contributed by atoms with Crippen molar-refractivity contribution in [1.82, 2.24) is 15.1 Å². The second-order valence-corrected chi connectivity index (χ2v) is 10.1. The van der Waals surface area contributed by atoms with Gasteiger partial charge in [-0.05, 0) is 55.3 Å². The van der Waals surface area contributed by atoms with Gasteiger partial charge in [-0.25, -0.2) is 0 Å². The Kier molecular flexibility index (Phi) is 7.36. The van der Waals surface area contributed by atoms with Crippen LogP contribution in [0.2, 0.25) is 10.0 Å². The number of alkyl halides is 3. The Morgan fingerprint density at radius 1 is 1.03 bits per heavy atom. The Morgan fingerprint density at radius 3 is 2.20 bits per heavy atom. The second-order valence-electron chi connectivity index (χ2n) is 9.26. The molecule has 1 aliphatic carbocycles. The number of hydrogen-bond donors (Lipinski definition) is 1. The number of nitrogens with zero attached hydrogens (tertiary/aromatic N) is 2. The number of rotatable bonds is 6. The van der Waals surface area contributed by atoms with Gasteiger partial charge in [-0.15, -0.1) is 0 Å². The van der Waals surface area contributed by atoms with E-state index in [9.17, 15) is 22.8 Å². The van der Waals surface area contributed by atoms with E-state index in [1.807, 2.05) is 7.05 Å². The minimum absolute atomic E-state index is 0.0828. The molecule has 1 saturated carbocycles. The number of benzene rings is 2. The lowest BCUT2D eigenvalue weighted by atomic mass is 9.93. The molecule has 0 bridgehead atoms. The molecule has 1 N–H and O–H groups in total. The minimum Gasteiger partial charge on any atom is -0.343 e. The summed E-state index contributed by atoms with van der Waals surface area (Å²) in [5.74, 6) is -0.564. The van der Waals surface area contributed by atoms with Crippen molar-refractivity contribution < 1.29 is 22.8 Å². The molecule has 2 amide bonds. The molecule has 35 heavy (non-hydrogen) atoms. The third-order valence-electron chi connectivity index (χ3n) is 6.77. The first-order valence-corrected chi connectivity index (χ1v) is 12.2. The lowest BCUT2D eigenvalue weighted by Gasteiger charge is -2.35. The average Bonchev–Trinajstić information content (AvgIpc) is 3.60. The van der Waals surface area contributed by atoms with Crippen molar-refractivity contribution in [1.29, 1.82) is 0 Å². The van der Waals surface area contributed by atoms with Gasteiger partial charge < -0.3 is 15.1 Å². The van der Waals surface area contributed by atoms with Crippen LogP contribution in [-0.4, -0.2) is 60.9 Å². The topological polar surface area (TPSA) is 52.6 Å². The molecule has 1 unspecified atom stereocenters. The van der Waals surface area contributed by atoms with E-state index < -0.39 is 23.2 Å². The zero-order chi connectivity index (χ0) is 25.4. The largest absolute Gasteiger partial charge is 0.416 e. The third-order valence-corrected chi connectivity index (χ3v) is 7.32. The normalized spacial score (nSPS) is 18.7. The van der Waals surface area contributed by atoms with E-state index in [-0.39, 0.29) is 18.2 Å². The van der Waals surface area contributed by atoms with E-state index in [4.69, 9.17) is 23.2 Å². The van der Waals surface area contributed by atoms with Crippen LogP contribution >= 0.6 is 23.2 Å². The minimum atomic E-state index is -4.45. The highest BCUT2D eigenvalue weighted by Gasteiger charge is 2.53. The molecule has 188 valence electrons. The van der Waals surface area contributed by atoms with Crippen molar-refractivity contribution in [2.45, 2.75) is 36.9 Å². The van der Waals surface area contributed by atoms with Crippen LogP contribution in [0, 0.1) is 0 Å². The predicted molar refractivity (Wildman–Crippen MR) is 129 cm³/mol. The van der Waals surface area contributed by atoms with Gasteiger partial charge in [0.2, 0.25) is 11.8 Å². The van der Waals surface area contributed by atoms with Crippen LogP contribution in [0.4, 0.5) is 13.2 Å². The highest BCUT2D eigenvalue weighted by molar-refractivity contribution is 6.35. The molecular formula is C25H26Cl2F3N3O2. The Labute approximate surface area is 212 Å². The summed E-state index contributed by atoms with van der Waals surface area (Å²) in [6.07, 6.45) is -3.21. The summed E-state index contributed by atoms with van der Waals surface area (Å²) in [5.41, 5.74) is -0.425. The summed E-state index contributed by atoms with van der Waals surface area (Å²) in [4.78, 5) is 30.7. The number of nitrogens with one attached hydrogen (secondary N) is 1. The Bertz CT molecular complexity index is 1100. The van der Waals surface area contributed by atoms with Crippen molar-refractivity contribution in [2.24, 2.45) is 0 Å². The van der Waals surface area contributed by atoms with Crippen LogP contribution in [0.25, 0.3) is 0 Å². The Morgan fingerprint density at radius 2 is 1.66 bits per heavy atom. The van der Waals surface area contributed by atoms with Gasteiger partial charge in [0.05, 0.1) is 11.0 Å². The zero-order valence-electron chi connectivity index (χ0n) is 19.2. The van der Waals surface area contributed by atoms with Crippen molar-refractivity contribution >= 4 is 35.0 Å². The standard InChI is InChI=1S/C25H26Cl2F3N3O2/c1-32-10-12-33(13-11-32)22(34)21(14-16-2-4-17(5-3-16)25(28,29)30)31-23(35)24(8-9-24)19-7-6-18(26)15-20(19)27/h2-7,15,21H,8-14H2,1H3,(H,31,35). The molecule has 0 spiro atoms. The SMILES string of the molecule is CN1CCN(C(=O)C(Cc2ccc(C(F)(F)F)cc2)NC(=O)C2(c3ccc(Cl)cc3Cl)CC2)CC1. The Balaban J connectivity index is 1.56. The van der Waals surface area contributed by atoms with Crippen LogP contribution in [0.15, 0.2) is 42.5 Å². The first kappa shape index (κ1) is 25.8. The molecule has 0 aromatic heterocycles. The molecule has 1 aliphatic heterocycles. The van der Waals surface area contributed by atoms with Crippen LogP contribution < -0.4 is 5.32 Å². The van der Waals surface area contributed by atoms with Gasteiger partial charge in [0.1, 0.15) is 6.04 Å². The highest BCUT2D eigenvalue weighted by Crippen LogP contribution is 2.51. The van der Waals surface area contributed by atoms with E-state index in [2.05, 4.69) is 10.2 Å². The fourth-order valence-corrected chi connectivity index (χ4v) is 5.02. The molecule has 2 aromatic carbocycles. The summed E-state index contributed by atoms with van der Waals surface area (Å²) in [6.45, 7) is 2.44. The van der Waals surface area contributed by atoms with Crippen LogP contribution in [0.1, 0.15) is 29.5 Å². The van der Waals surface area contributed by atoms with Gasteiger partial charge in [0.25, 0.3) is 0 Å². The summed E-state index contributed by atoms with van der Waals surface area (Å²) < 4.78 is 38.9. The van der Waals surface area contributed by atoms with Crippen molar-refractivity contribution in [3.63, 3.8) is 0 Å². The number of piperazine rings is 1. The maximum absolute atomic E-state index is 13.5. The maximum atomic E-state index is 13.5. The molecule has 2 aromatic rings. The molecule has 10 heteroatoms. The van der Waals surface area contributed by atoms with Gasteiger partial charge in [-0.1, -0.05) is 41.4 Å². The molecule has 2 aliphatic rings. The molecule has 5 nitrogen and oxygen atoms in total. The van der Waals surface area contributed by atoms with E-state index in [0.717, 1.165) is 12.1 Å².